The molecule has 94 valence electrons. The molecule has 0 atom stereocenters. The highest BCUT2D eigenvalue weighted by molar-refractivity contribution is 5.46. The van der Waals surface area contributed by atoms with Crippen LogP contribution >= 0.6 is 0 Å². The molecule has 2 aromatic heterocycles. The molecule has 0 aliphatic carbocycles. The Bertz CT molecular complexity index is 564. The summed E-state index contributed by atoms with van der Waals surface area (Å²) < 4.78 is 0. The van der Waals surface area contributed by atoms with Gasteiger partial charge in [-0.05, 0) is 0 Å². The standard InChI is InChI=1S/C12H15N5O/c1-8(2)15-6-9-5-11(18)17-12(16-9)10-7-13-3-4-14-10/h3-5,7-8,15H,6H2,1-2H3,(H,16,17,18). The van der Waals surface area contributed by atoms with Crippen molar-refractivity contribution in [2.45, 2.75) is 26.4 Å². The molecule has 0 saturated carbocycles. The lowest BCUT2D eigenvalue weighted by Crippen LogP contribution is -2.24. The van der Waals surface area contributed by atoms with Gasteiger partial charge in [-0.3, -0.25) is 9.78 Å². The maximum absolute atomic E-state index is 11.6. The summed E-state index contributed by atoms with van der Waals surface area (Å²) in [6, 6.07) is 1.82. The Hall–Kier alpha value is -2.08. The van der Waals surface area contributed by atoms with Gasteiger partial charge in [-0.25, -0.2) is 9.97 Å². The third-order valence-electron chi connectivity index (χ3n) is 2.29. The molecule has 0 saturated heterocycles. The summed E-state index contributed by atoms with van der Waals surface area (Å²) in [5.74, 6) is 0.441. The molecule has 0 amide bonds. The smallest absolute Gasteiger partial charge is 0.251 e. The van der Waals surface area contributed by atoms with Crippen molar-refractivity contribution in [3.8, 4) is 11.5 Å². The Labute approximate surface area is 105 Å². The molecule has 0 aliphatic rings. The number of aromatic amines is 1. The summed E-state index contributed by atoms with van der Waals surface area (Å²) in [4.78, 5) is 26.6. The monoisotopic (exact) mass is 245 g/mol. The fourth-order valence-corrected chi connectivity index (χ4v) is 1.45. The summed E-state index contributed by atoms with van der Waals surface area (Å²) in [6.07, 6.45) is 4.71. The van der Waals surface area contributed by atoms with Gasteiger partial charge in [0.2, 0.25) is 0 Å². The zero-order chi connectivity index (χ0) is 13.0. The molecule has 2 aromatic rings. The maximum Gasteiger partial charge on any atom is 0.251 e. The second kappa shape index (κ2) is 5.50. The number of hydrogen-bond donors (Lipinski definition) is 2. The first-order valence-electron chi connectivity index (χ1n) is 5.75. The third kappa shape index (κ3) is 3.21. The Morgan fingerprint density at radius 1 is 1.39 bits per heavy atom. The summed E-state index contributed by atoms with van der Waals surface area (Å²) in [5.41, 5.74) is 1.06. The minimum Gasteiger partial charge on any atom is -0.309 e. The molecule has 0 unspecified atom stereocenters. The van der Waals surface area contributed by atoms with Crippen LogP contribution in [0.15, 0.2) is 29.5 Å². The SMILES string of the molecule is CC(C)NCc1cc(=O)[nH]c(-c2cnccn2)n1. The molecular weight excluding hydrogens is 230 g/mol. The Morgan fingerprint density at radius 3 is 2.89 bits per heavy atom. The number of nitrogens with one attached hydrogen (secondary N) is 2. The van der Waals surface area contributed by atoms with Crippen LogP contribution in [0.4, 0.5) is 0 Å². The van der Waals surface area contributed by atoms with E-state index < -0.39 is 0 Å². The molecule has 2 N–H and O–H groups in total. The molecule has 0 aliphatic heterocycles. The lowest BCUT2D eigenvalue weighted by Gasteiger charge is -2.08. The van der Waals surface area contributed by atoms with E-state index in [1.54, 1.807) is 18.6 Å². The van der Waals surface area contributed by atoms with Crippen LogP contribution in [0.2, 0.25) is 0 Å². The van der Waals surface area contributed by atoms with Crippen LogP contribution < -0.4 is 10.9 Å². The Kier molecular flexibility index (Phi) is 3.78. The van der Waals surface area contributed by atoms with Gasteiger partial charge in [0.05, 0.1) is 11.9 Å². The molecule has 2 heterocycles. The van der Waals surface area contributed by atoms with E-state index in [-0.39, 0.29) is 5.56 Å². The van der Waals surface area contributed by atoms with Gasteiger partial charge in [-0.2, -0.15) is 0 Å². The lowest BCUT2D eigenvalue weighted by atomic mass is 10.3. The van der Waals surface area contributed by atoms with Gasteiger partial charge in [-0.1, -0.05) is 13.8 Å². The van der Waals surface area contributed by atoms with Crippen molar-refractivity contribution in [1.29, 1.82) is 0 Å². The van der Waals surface area contributed by atoms with Crippen molar-refractivity contribution >= 4 is 0 Å². The second-order valence-corrected chi connectivity index (χ2v) is 4.21. The third-order valence-corrected chi connectivity index (χ3v) is 2.29. The molecule has 6 nitrogen and oxygen atoms in total. The van der Waals surface area contributed by atoms with Gasteiger partial charge in [0.25, 0.3) is 5.56 Å². The topological polar surface area (TPSA) is 83.6 Å². The van der Waals surface area contributed by atoms with Gasteiger partial charge < -0.3 is 10.3 Å². The van der Waals surface area contributed by atoms with E-state index in [1.807, 2.05) is 13.8 Å². The maximum atomic E-state index is 11.6. The van der Waals surface area contributed by atoms with Crippen LogP contribution in [-0.4, -0.2) is 26.0 Å². The van der Waals surface area contributed by atoms with E-state index in [4.69, 9.17) is 0 Å². The van der Waals surface area contributed by atoms with Crippen LogP contribution in [0.25, 0.3) is 11.5 Å². The van der Waals surface area contributed by atoms with E-state index in [2.05, 4.69) is 25.3 Å². The predicted molar refractivity (Wildman–Crippen MR) is 67.9 cm³/mol. The first kappa shape index (κ1) is 12.4. The Morgan fingerprint density at radius 2 is 2.22 bits per heavy atom. The molecule has 0 radical (unpaired) electrons. The van der Waals surface area contributed by atoms with Gasteiger partial charge >= 0.3 is 0 Å². The minimum absolute atomic E-state index is 0.189. The summed E-state index contributed by atoms with van der Waals surface area (Å²) in [6.45, 7) is 4.63. The fraction of sp³-hybridized carbons (Fsp3) is 0.333. The summed E-state index contributed by atoms with van der Waals surface area (Å²) >= 11 is 0. The van der Waals surface area contributed by atoms with Crippen LogP contribution in [0, 0.1) is 0 Å². The highest BCUT2D eigenvalue weighted by atomic mass is 16.1. The number of rotatable bonds is 4. The van der Waals surface area contributed by atoms with E-state index >= 15 is 0 Å². The van der Waals surface area contributed by atoms with Gasteiger partial charge in [-0.15, -0.1) is 0 Å². The van der Waals surface area contributed by atoms with Crippen molar-refractivity contribution in [3.05, 3.63) is 40.7 Å². The average Bonchev–Trinajstić information content (AvgIpc) is 2.37. The lowest BCUT2D eigenvalue weighted by molar-refractivity contribution is 0.580. The molecule has 0 fully saturated rings. The molecule has 2 rings (SSSR count). The van der Waals surface area contributed by atoms with Gasteiger partial charge in [0.15, 0.2) is 5.82 Å². The van der Waals surface area contributed by atoms with Crippen molar-refractivity contribution in [2.75, 3.05) is 0 Å². The molecule has 0 spiro atoms. The largest absolute Gasteiger partial charge is 0.309 e. The molecular formula is C12H15N5O. The molecule has 0 bridgehead atoms. The number of hydrogen-bond acceptors (Lipinski definition) is 5. The van der Waals surface area contributed by atoms with Crippen LogP contribution in [0.1, 0.15) is 19.5 Å². The van der Waals surface area contributed by atoms with Crippen molar-refractivity contribution in [1.82, 2.24) is 25.3 Å². The normalized spacial score (nSPS) is 10.8. The molecule has 0 aromatic carbocycles. The van der Waals surface area contributed by atoms with Crippen LogP contribution in [-0.2, 0) is 6.54 Å². The van der Waals surface area contributed by atoms with Crippen molar-refractivity contribution in [2.24, 2.45) is 0 Å². The van der Waals surface area contributed by atoms with Gasteiger partial charge in [0, 0.05) is 31.0 Å². The second-order valence-electron chi connectivity index (χ2n) is 4.21. The van der Waals surface area contributed by atoms with E-state index in [9.17, 15) is 4.79 Å². The van der Waals surface area contributed by atoms with Crippen molar-refractivity contribution in [3.63, 3.8) is 0 Å². The summed E-state index contributed by atoms with van der Waals surface area (Å²) in [7, 11) is 0. The average molecular weight is 245 g/mol. The quantitative estimate of drug-likeness (QED) is 0.829. The molecule has 18 heavy (non-hydrogen) atoms. The summed E-state index contributed by atoms with van der Waals surface area (Å²) in [5, 5.41) is 3.22. The highest BCUT2D eigenvalue weighted by Gasteiger charge is 2.05. The first-order valence-corrected chi connectivity index (χ1v) is 5.75. The number of aromatic nitrogens is 4. The van der Waals surface area contributed by atoms with Gasteiger partial charge in [0.1, 0.15) is 5.69 Å². The Balaban J connectivity index is 2.30. The van der Waals surface area contributed by atoms with Crippen LogP contribution in [0.5, 0.6) is 0 Å². The predicted octanol–water partition coefficient (Wildman–Crippen LogP) is 0.725. The zero-order valence-electron chi connectivity index (χ0n) is 10.3. The molecule has 6 heteroatoms. The number of H-pyrrole nitrogens is 1. The zero-order valence-corrected chi connectivity index (χ0v) is 10.3. The van der Waals surface area contributed by atoms with E-state index in [0.29, 0.717) is 29.8 Å². The highest BCUT2D eigenvalue weighted by Crippen LogP contribution is 2.07. The van der Waals surface area contributed by atoms with E-state index in [1.165, 1.54) is 6.07 Å². The number of nitrogens with zero attached hydrogens (tertiary/aromatic N) is 3. The van der Waals surface area contributed by atoms with Crippen LogP contribution in [0.3, 0.4) is 0 Å². The minimum atomic E-state index is -0.189. The fourth-order valence-electron chi connectivity index (χ4n) is 1.45. The van der Waals surface area contributed by atoms with Crippen molar-refractivity contribution < 1.29 is 0 Å². The first-order chi connectivity index (χ1) is 8.65. The van der Waals surface area contributed by atoms with E-state index in [0.717, 1.165) is 0 Å².